The number of allylic oxidation sites excluding steroid dienone is 4. The molecule has 1 saturated heterocycles. The second-order valence-corrected chi connectivity index (χ2v) is 10.2. The molecule has 0 nitrogen and oxygen atoms in total. The minimum Gasteiger partial charge on any atom is -1.00 e. The van der Waals surface area contributed by atoms with Crippen molar-refractivity contribution in [1.29, 1.82) is 0 Å². The summed E-state index contributed by atoms with van der Waals surface area (Å²) in [7, 11) is -0.898. The Morgan fingerprint density at radius 3 is 2.29 bits per heavy atom. The van der Waals surface area contributed by atoms with Crippen molar-refractivity contribution in [1.82, 2.24) is 0 Å². The summed E-state index contributed by atoms with van der Waals surface area (Å²) in [6, 6.07) is 11.8. The topological polar surface area (TPSA) is 0 Å². The molecule has 0 bridgehead atoms. The summed E-state index contributed by atoms with van der Waals surface area (Å²) >= 11 is 0. The fourth-order valence-corrected chi connectivity index (χ4v) is 7.50. The van der Waals surface area contributed by atoms with Gasteiger partial charge in [0.2, 0.25) is 0 Å². The number of hydrogen-bond acceptors (Lipinski definition) is 0. The first-order chi connectivity index (χ1) is 8.77. The largest absolute Gasteiger partial charge is 4.00 e. The summed E-state index contributed by atoms with van der Waals surface area (Å²) in [5.74, 6) is 0. The third kappa shape index (κ3) is 6.54. The molecule has 0 aromatic heterocycles. The molecule has 114 valence electrons. The smallest absolute Gasteiger partial charge is 1.00 e. The molecule has 0 spiro atoms. The van der Waals surface area contributed by atoms with Gasteiger partial charge in [-0.2, -0.15) is 23.4 Å². The Morgan fingerprint density at radius 1 is 1.29 bits per heavy atom. The van der Waals surface area contributed by atoms with Crippen LogP contribution >= 0.6 is 0 Å². The van der Waals surface area contributed by atoms with Gasteiger partial charge in [0.1, 0.15) is 0 Å². The molecule has 1 aromatic carbocycles. The first-order valence-corrected chi connectivity index (χ1v) is 9.84. The van der Waals surface area contributed by atoms with Crippen LogP contribution in [-0.2, 0) is 21.7 Å². The Balaban J connectivity index is 0. The van der Waals surface area contributed by atoms with Crippen molar-refractivity contribution in [2.24, 2.45) is 0 Å². The third-order valence-corrected chi connectivity index (χ3v) is 9.76. The van der Waals surface area contributed by atoms with Crippen LogP contribution in [0.4, 0.5) is 0 Å². The zero-order chi connectivity index (χ0) is 12.8. The van der Waals surface area contributed by atoms with E-state index in [0.717, 1.165) is 6.42 Å². The first-order valence-electron chi connectivity index (χ1n) is 7.22. The van der Waals surface area contributed by atoms with E-state index in [9.17, 15) is 0 Å². The molecule has 1 fully saturated rings. The van der Waals surface area contributed by atoms with Crippen molar-refractivity contribution < 1.29 is 46.5 Å². The van der Waals surface area contributed by atoms with Crippen molar-refractivity contribution >= 4 is 13.3 Å². The Bertz CT molecular complexity index is 424. The predicted molar refractivity (Wildman–Crippen MR) is 83.1 cm³/mol. The number of hydrogen-bond donors (Lipinski definition) is 0. The second-order valence-electron chi connectivity index (χ2n) is 5.56. The maximum absolute atomic E-state index is 2.99. The summed E-state index contributed by atoms with van der Waals surface area (Å²) in [4.78, 5) is 0. The summed E-state index contributed by atoms with van der Waals surface area (Å²) < 4.78 is 0. The van der Waals surface area contributed by atoms with E-state index >= 15 is 0 Å². The fraction of sp³-hybridized carbons (Fsp3) is 0.471. The molecule has 1 aliphatic heterocycles. The maximum atomic E-state index is 2.99. The van der Waals surface area contributed by atoms with E-state index in [1.54, 1.807) is 17.3 Å². The number of aryl methyl sites for hydroxylation is 1. The van der Waals surface area contributed by atoms with Gasteiger partial charge in [-0.15, -0.1) is 6.42 Å². The summed E-state index contributed by atoms with van der Waals surface area (Å²) in [5, 5.41) is 1.75. The quantitative estimate of drug-likeness (QED) is 0.446. The Labute approximate surface area is 158 Å². The zero-order valence-corrected chi connectivity index (χ0v) is 17.0. The average Bonchev–Trinajstić information content (AvgIpc) is 2.97. The monoisotopic (exact) mass is 374 g/mol. The zero-order valence-electron chi connectivity index (χ0n) is 13.0. The van der Waals surface area contributed by atoms with Gasteiger partial charge < -0.3 is 24.8 Å². The van der Waals surface area contributed by atoms with E-state index in [2.05, 4.69) is 44.2 Å². The third-order valence-electron chi connectivity index (χ3n) is 4.15. The molecule has 1 heterocycles. The molecule has 3 rings (SSSR count). The first kappa shape index (κ1) is 23.6. The van der Waals surface area contributed by atoms with E-state index in [4.69, 9.17) is 0 Å². The van der Waals surface area contributed by atoms with Crippen LogP contribution in [0.2, 0.25) is 18.1 Å². The Kier molecular flexibility index (Phi) is 13.3. The van der Waals surface area contributed by atoms with Gasteiger partial charge in [0, 0.05) is 8.07 Å². The Hall–Kier alpha value is 0.341. The average molecular weight is 375 g/mol. The second kappa shape index (κ2) is 11.8. The summed E-state index contributed by atoms with van der Waals surface area (Å²) in [5.41, 5.74) is 1.46. The molecule has 21 heavy (non-hydrogen) atoms. The van der Waals surface area contributed by atoms with Crippen LogP contribution in [0.3, 0.4) is 0 Å². The van der Waals surface area contributed by atoms with Gasteiger partial charge in [-0.05, 0) is 0 Å². The molecule has 4 heteroatoms. The molecule has 0 unspecified atom stereocenters. The fourth-order valence-electron chi connectivity index (χ4n) is 3.00. The van der Waals surface area contributed by atoms with E-state index in [1.165, 1.54) is 24.4 Å². The van der Waals surface area contributed by atoms with Crippen LogP contribution in [0.25, 0.3) is 0 Å². The molecule has 0 amide bonds. The van der Waals surface area contributed by atoms with Crippen molar-refractivity contribution in [2.45, 2.75) is 51.2 Å². The molecule has 0 radical (unpaired) electrons. The van der Waals surface area contributed by atoms with Crippen LogP contribution in [0.1, 0.15) is 31.7 Å². The maximum Gasteiger partial charge on any atom is 4.00 e. The van der Waals surface area contributed by atoms with E-state index in [0.29, 0.717) is 0 Å². The van der Waals surface area contributed by atoms with Crippen molar-refractivity contribution in [2.75, 3.05) is 0 Å². The van der Waals surface area contributed by atoms with Gasteiger partial charge in [0.25, 0.3) is 0 Å². The van der Waals surface area contributed by atoms with Gasteiger partial charge in [-0.25, -0.2) is 23.8 Å². The minimum absolute atomic E-state index is 0. The summed E-state index contributed by atoms with van der Waals surface area (Å²) in [6.45, 7) is 4.55. The molecule has 1 aliphatic carbocycles. The summed E-state index contributed by atoms with van der Waals surface area (Å²) in [6.07, 6.45) is 12.9. The van der Waals surface area contributed by atoms with E-state index in [1.807, 2.05) is 12.2 Å². The van der Waals surface area contributed by atoms with Gasteiger partial charge in [-0.3, -0.25) is 6.08 Å². The molecule has 0 N–H and O–H groups in total. The van der Waals surface area contributed by atoms with Crippen molar-refractivity contribution in [3.05, 3.63) is 48.1 Å². The molecule has 0 atom stereocenters. The molecule has 0 saturated carbocycles. The number of halogens is 2. The van der Waals surface area contributed by atoms with Crippen LogP contribution < -0.4 is 30.0 Å². The van der Waals surface area contributed by atoms with Crippen molar-refractivity contribution in [3.8, 4) is 0 Å². The number of rotatable bonds is 3. The van der Waals surface area contributed by atoms with Crippen LogP contribution in [0.5, 0.6) is 0 Å². The molecule has 2 aliphatic rings. The van der Waals surface area contributed by atoms with Crippen LogP contribution in [0.15, 0.2) is 36.4 Å². The van der Waals surface area contributed by atoms with Gasteiger partial charge in [0.15, 0.2) is 0 Å². The SMILES string of the molecule is CCC[Si]1([c-]2ccc(C)c2)CCC1.[C-]1=CC=CC1.[Cl-].[Cl-].[Ti+4]. The van der Waals surface area contributed by atoms with Crippen LogP contribution in [-0.4, -0.2) is 8.07 Å². The van der Waals surface area contributed by atoms with Gasteiger partial charge in [0.05, 0.1) is 0 Å². The molecular formula is C17H24Cl2SiTi. The standard InChI is InChI=1S/C12H19Si.C5H5.2ClH.Ti/c1-3-7-13(8-4-9-13)12-6-5-11(2)10-12;1-2-4-5-3-1;;;/h5-6,10H,3-4,7-9H2,1-2H3;1-3H,4H2;2*1H;/q2*-1;;;+4/p-2. The van der Waals surface area contributed by atoms with Gasteiger partial charge in [-0.1, -0.05) is 44.8 Å². The van der Waals surface area contributed by atoms with E-state index < -0.39 is 8.07 Å². The van der Waals surface area contributed by atoms with Crippen molar-refractivity contribution in [3.63, 3.8) is 0 Å². The van der Waals surface area contributed by atoms with Crippen LogP contribution in [0, 0.1) is 13.0 Å². The van der Waals surface area contributed by atoms with Gasteiger partial charge >= 0.3 is 21.7 Å². The minimum atomic E-state index is -0.898. The molecule has 1 aromatic rings. The Morgan fingerprint density at radius 2 is 2.00 bits per heavy atom. The molecular weight excluding hydrogens is 351 g/mol. The normalized spacial score (nSPS) is 16.5. The predicted octanol–water partition coefficient (Wildman–Crippen LogP) is -1.51. The van der Waals surface area contributed by atoms with E-state index in [-0.39, 0.29) is 46.5 Å².